The average molecular weight is 428 g/mol. The molecule has 0 heterocycles. The molecule has 0 saturated heterocycles. The fourth-order valence-corrected chi connectivity index (χ4v) is 4.01. The van der Waals surface area contributed by atoms with Crippen LogP contribution in [0.15, 0.2) is 88.7 Å². The van der Waals surface area contributed by atoms with Crippen molar-refractivity contribution in [3.8, 4) is 0 Å². The van der Waals surface area contributed by atoms with E-state index in [1.54, 1.807) is 30.3 Å². The standard InChI is InChI=1S/C21H18BrNO2S/c1-15-8-11-19(12-9-15)26(24,25)23-21-14-18(22)10-13-20(21)16(2)17-6-4-3-5-7-17/h3-14,23H,2H2,1H3. The Morgan fingerprint density at radius 2 is 1.62 bits per heavy atom. The van der Waals surface area contributed by atoms with Crippen LogP contribution in [0.4, 0.5) is 5.69 Å². The predicted molar refractivity (Wildman–Crippen MR) is 111 cm³/mol. The second-order valence-corrected chi connectivity index (χ2v) is 8.55. The Hall–Kier alpha value is -2.37. The molecule has 0 aliphatic carbocycles. The Morgan fingerprint density at radius 3 is 2.27 bits per heavy atom. The highest BCUT2D eigenvalue weighted by atomic mass is 79.9. The van der Waals surface area contributed by atoms with E-state index < -0.39 is 10.0 Å². The number of hydrogen-bond acceptors (Lipinski definition) is 2. The number of aryl methyl sites for hydroxylation is 1. The number of hydrogen-bond donors (Lipinski definition) is 1. The maximum atomic E-state index is 12.8. The average Bonchev–Trinajstić information content (AvgIpc) is 2.62. The van der Waals surface area contributed by atoms with Gasteiger partial charge in [0.1, 0.15) is 0 Å². The Labute approximate surface area is 162 Å². The number of rotatable bonds is 5. The lowest BCUT2D eigenvalue weighted by molar-refractivity contribution is 0.601. The van der Waals surface area contributed by atoms with E-state index in [1.165, 1.54) is 0 Å². The van der Waals surface area contributed by atoms with Crippen LogP contribution in [0.1, 0.15) is 16.7 Å². The normalized spacial score (nSPS) is 11.2. The third kappa shape index (κ3) is 4.06. The van der Waals surface area contributed by atoms with Crippen molar-refractivity contribution in [1.29, 1.82) is 0 Å². The lowest BCUT2D eigenvalue weighted by Gasteiger charge is -2.15. The van der Waals surface area contributed by atoms with Crippen molar-refractivity contribution in [3.05, 3.63) is 101 Å². The molecule has 0 aromatic heterocycles. The smallest absolute Gasteiger partial charge is 0.261 e. The number of anilines is 1. The van der Waals surface area contributed by atoms with Crippen LogP contribution in [0.25, 0.3) is 5.57 Å². The van der Waals surface area contributed by atoms with Gasteiger partial charge in [-0.2, -0.15) is 0 Å². The van der Waals surface area contributed by atoms with E-state index >= 15 is 0 Å². The van der Waals surface area contributed by atoms with Crippen molar-refractivity contribution in [2.75, 3.05) is 4.72 Å². The molecule has 5 heteroatoms. The van der Waals surface area contributed by atoms with E-state index in [-0.39, 0.29) is 4.90 Å². The molecule has 0 fully saturated rings. The molecule has 0 atom stereocenters. The third-order valence-corrected chi connectivity index (χ3v) is 5.88. The molecule has 3 nitrogen and oxygen atoms in total. The summed E-state index contributed by atoms with van der Waals surface area (Å²) in [5.41, 5.74) is 3.90. The summed E-state index contributed by atoms with van der Waals surface area (Å²) in [4.78, 5) is 0.222. The maximum absolute atomic E-state index is 12.8. The molecule has 0 amide bonds. The fraction of sp³-hybridized carbons (Fsp3) is 0.0476. The fourth-order valence-electron chi connectivity index (χ4n) is 2.58. The van der Waals surface area contributed by atoms with Crippen LogP contribution < -0.4 is 4.72 Å². The summed E-state index contributed by atoms with van der Waals surface area (Å²) in [6.45, 7) is 6.07. The lowest BCUT2D eigenvalue weighted by Crippen LogP contribution is -2.14. The van der Waals surface area contributed by atoms with Gasteiger partial charge in [0.05, 0.1) is 10.6 Å². The highest BCUT2D eigenvalue weighted by molar-refractivity contribution is 9.10. The van der Waals surface area contributed by atoms with Crippen LogP contribution in [0.5, 0.6) is 0 Å². The molecule has 3 aromatic carbocycles. The molecule has 0 saturated carbocycles. The molecule has 0 aliphatic heterocycles. The molecule has 0 unspecified atom stereocenters. The van der Waals surface area contributed by atoms with Crippen LogP contribution in [-0.2, 0) is 10.0 Å². The summed E-state index contributed by atoms with van der Waals surface area (Å²) in [7, 11) is -3.70. The lowest BCUT2D eigenvalue weighted by atomic mass is 9.98. The van der Waals surface area contributed by atoms with Gasteiger partial charge < -0.3 is 0 Å². The Morgan fingerprint density at radius 1 is 0.962 bits per heavy atom. The molecule has 0 spiro atoms. The first-order valence-electron chi connectivity index (χ1n) is 8.00. The van der Waals surface area contributed by atoms with Gasteiger partial charge in [-0.05, 0) is 42.3 Å². The van der Waals surface area contributed by atoms with Crippen molar-refractivity contribution in [1.82, 2.24) is 0 Å². The van der Waals surface area contributed by atoms with E-state index in [1.807, 2.05) is 49.4 Å². The first kappa shape index (κ1) is 18.4. The summed E-state index contributed by atoms with van der Waals surface area (Å²) in [5.74, 6) is 0. The van der Waals surface area contributed by atoms with Crippen LogP contribution in [0.3, 0.4) is 0 Å². The zero-order valence-corrected chi connectivity index (χ0v) is 16.6. The van der Waals surface area contributed by atoms with Crippen molar-refractivity contribution in [3.63, 3.8) is 0 Å². The highest BCUT2D eigenvalue weighted by Gasteiger charge is 2.17. The quantitative estimate of drug-likeness (QED) is 0.574. The minimum atomic E-state index is -3.70. The second kappa shape index (κ2) is 7.48. The van der Waals surface area contributed by atoms with Crippen molar-refractivity contribution in [2.45, 2.75) is 11.8 Å². The van der Waals surface area contributed by atoms with E-state index in [2.05, 4.69) is 27.2 Å². The predicted octanol–water partition coefficient (Wildman–Crippen LogP) is 5.62. The molecule has 26 heavy (non-hydrogen) atoms. The van der Waals surface area contributed by atoms with Gasteiger partial charge >= 0.3 is 0 Å². The van der Waals surface area contributed by atoms with E-state index in [9.17, 15) is 8.42 Å². The molecule has 1 N–H and O–H groups in total. The minimum absolute atomic E-state index is 0.222. The summed E-state index contributed by atoms with van der Waals surface area (Å²) in [5, 5.41) is 0. The van der Waals surface area contributed by atoms with Gasteiger partial charge in [-0.3, -0.25) is 4.72 Å². The third-order valence-electron chi connectivity index (χ3n) is 4.00. The molecule has 3 rings (SSSR count). The zero-order chi connectivity index (χ0) is 18.7. The first-order valence-corrected chi connectivity index (χ1v) is 10.3. The molecule has 0 bridgehead atoms. The van der Waals surface area contributed by atoms with Gasteiger partial charge in [0.15, 0.2) is 0 Å². The summed E-state index contributed by atoms with van der Waals surface area (Å²) in [6.07, 6.45) is 0. The molecular weight excluding hydrogens is 410 g/mol. The van der Waals surface area contributed by atoms with Crippen molar-refractivity contribution in [2.24, 2.45) is 0 Å². The highest BCUT2D eigenvalue weighted by Crippen LogP contribution is 2.32. The number of sulfonamides is 1. The topological polar surface area (TPSA) is 46.2 Å². The van der Waals surface area contributed by atoms with Gasteiger partial charge in [-0.25, -0.2) is 8.42 Å². The van der Waals surface area contributed by atoms with Crippen LogP contribution in [-0.4, -0.2) is 8.42 Å². The first-order chi connectivity index (χ1) is 12.4. The van der Waals surface area contributed by atoms with Crippen LogP contribution >= 0.6 is 15.9 Å². The molecule has 3 aromatic rings. The summed E-state index contributed by atoms with van der Waals surface area (Å²) < 4.78 is 29.0. The minimum Gasteiger partial charge on any atom is -0.279 e. The number of benzene rings is 3. The Balaban J connectivity index is 2.01. The summed E-state index contributed by atoms with van der Waals surface area (Å²) >= 11 is 3.41. The SMILES string of the molecule is C=C(c1ccccc1)c1ccc(Br)cc1NS(=O)(=O)c1ccc(C)cc1. The van der Waals surface area contributed by atoms with Crippen LogP contribution in [0, 0.1) is 6.92 Å². The van der Waals surface area contributed by atoms with E-state index in [0.29, 0.717) is 5.69 Å². The van der Waals surface area contributed by atoms with Gasteiger partial charge in [-0.15, -0.1) is 0 Å². The maximum Gasteiger partial charge on any atom is 0.261 e. The van der Waals surface area contributed by atoms with Crippen LogP contribution in [0.2, 0.25) is 0 Å². The molecule has 0 radical (unpaired) electrons. The zero-order valence-electron chi connectivity index (χ0n) is 14.2. The summed E-state index contributed by atoms with van der Waals surface area (Å²) in [6, 6.07) is 21.9. The molecule has 132 valence electrons. The second-order valence-electron chi connectivity index (χ2n) is 5.95. The van der Waals surface area contributed by atoms with Crippen molar-refractivity contribution >= 4 is 37.2 Å². The monoisotopic (exact) mass is 427 g/mol. The number of halogens is 1. The van der Waals surface area contributed by atoms with Gasteiger partial charge in [-0.1, -0.05) is 76.6 Å². The molecule has 0 aliphatic rings. The van der Waals surface area contributed by atoms with Gasteiger partial charge in [0.2, 0.25) is 0 Å². The molecular formula is C21H18BrNO2S. The van der Waals surface area contributed by atoms with E-state index in [0.717, 1.165) is 26.7 Å². The van der Waals surface area contributed by atoms with Gasteiger partial charge in [0.25, 0.3) is 10.0 Å². The van der Waals surface area contributed by atoms with Gasteiger partial charge in [0, 0.05) is 10.0 Å². The van der Waals surface area contributed by atoms with E-state index in [4.69, 9.17) is 0 Å². The number of nitrogens with one attached hydrogen (secondary N) is 1. The van der Waals surface area contributed by atoms with Crippen molar-refractivity contribution < 1.29 is 8.42 Å². The Kier molecular flexibility index (Phi) is 5.30. The Bertz CT molecular complexity index is 1040. The largest absolute Gasteiger partial charge is 0.279 e.